The average molecular weight is 389 g/mol. The second-order valence-electron chi connectivity index (χ2n) is 8.90. The molecule has 1 amide bonds. The van der Waals surface area contributed by atoms with Gasteiger partial charge in [0.1, 0.15) is 11.6 Å². The number of H-pyrrole nitrogens is 1. The fourth-order valence-corrected chi connectivity index (χ4v) is 3.69. The van der Waals surface area contributed by atoms with E-state index in [0.29, 0.717) is 12.8 Å². The van der Waals surface area contributed by atoms with Crippen LogP contribution in [0.2, 0.25) is 0 Å². The number of nitrogens with one attached hydrogen (secondary N) is 2. The van der Waals surface area contributed by atoms with Crippen LogP contribution in [0.4, 0.5) is 4.79 Å². The number of esters is 1. The maximum atomic E-state index is 12.9. The molecule has 2 rings (SSSR count). The van der Waals surface area contributed by atoms with E-state index in [2.05, 4.69) is 31.1 Å². The topological polar surface area (TPSA) is 80.4 Å². The number of aromatic amines is 1. The number of hydrogen-bond donors (Lipinski definition) is 2. The third-order valence-corrected chi connectivity index (χ3v) is 4.28. The van der Waals surface area contributed by atoms with Crippen molar-refractivity contribution < 1.29 is 19.1 Å². The summed E-state index contributed by atoms with van der Waals surface area (Å²) < 4.78 is 10.8. The summed E-state index contributed by atoms with van der Waals surface area (Å²) in [6.45, 7) is 12.0. The van der Waals surface area contributed by atoms with Crippen LogP contribution in [0, 0.1) is 5.41 Å². The number of carbonyl (C=O) groups is 2. The zero-order valence-corrected chi connectivity index (χ0v) is 17.7. The molecule has 0 radical (unpaired) electrons. The summed E-state index contributed by atoms with van der Waals surface area (Å²) in [6, 6.07) is 7.00. The first-order valence-corrected chi connectivity index (χ1v) is 9.72. The van der Waals surface area contributed by atoms with Gasteiger partial charge in [-0.3, -0.25) is 0 Å². The van der Waals surface area contributed by atoms with E-state index in [9.17, 15) is 9.59 Å². The maximum Gasteiger partial charge on any atom is 0.407 e. The Hall–Kier alpha value is -2.50. The predicted octanol–water partition coefficient (Wildman–Crippen LogP) is 4.58. The van der Waals surface area contributed by atoms with Gasteiger partial charge in [-0.15, -0.1) is 0 Å². The Morgan fingerprint density at radius 1 is 1.14 bits per heavy atom. The minimum Gasteiger partial charge on any atom is -0.458 e. The molecule has 2 N–H and O–H groups in total. The van der Waals surface area contributed by atoms with Crippen molar-refractivity contribution in [3.63, 3.8) is 0 Å². The molecule has 1 heterocycles. The van der Waals surface area contributed by atoms with E-state index in [1.807, 2.05) is 44.3 Å². The zero-order chi connectivity index (χ0) is 20.9. The molecule has 0 bridgehead atoms. The second kappa shape index (κ2) is 8.67. The van der Waals surface area contributed by atoms with E-state index in [1.54, 1.807) is 6.92 Å². The van der Waals surface area contributed by atoms with Crippen molar-refractivity contribution in [1.82, 2.24) is 10.3 Å². The Kier molecular flexibility index (Phi) is 6.75. The first-order chi connectivity index (χ1) is 13.0. The van der Waals surface area contributed by atoms with Crippen molar-refractivity contribution in [2.45, 2.75) is 66.0 Å². The largest absolute Gasteiger partial charge is 0.458 e. The number of amides is 1. The fourth-order valence-electron chi connectivity index (χ4n) is 3.69. The van der Waals surface area contributed by atoms with E-state index < -0.39 is 23.7 Å². The van der Waals surface area contributed by atoms with E-state index in [-0.39, 0.29) is 12.0 Å². The Morgan fingerprint density at radius 3 is 2.46 bits per heavy atom. The highest BCUT2D eigenvalue weighted by atomic mass is 16.6. The minimum atomic E-state index is -0.836. The lowest BCUT2D eigenvalue weighted by atomic mass is 9.83. The summed E-state index contributed by atoms with van der Waals surface area (Å²) in [7, 11) is 0. The third-order valence-electron chi connectivity index (χ3n) is 4.28. The molecule has 0 aliphatic rings. The number of ether oxygens (including phenoxy) is 2. The van der Waals surface area contributed by atoms with Gasteiger partial charge in [0, 0.05) is 23.5 Å². The summed E-state index contributed by atoms with van der Waals surface area (Å²) in [4.78, 5) is 28.1. The van der Waals surface area contributed by atoms with Crippen LogP contribution in [-0.4, -0.2) is 35.3 Å². The van der Waals surface area contributed by atoms with Gasteiger partial charge < -0.3 is 19.8 Å². The number of rotatable bonds is 7. The van der Waals surface area contributed by atoms with Crippen LogP contribution in [0.25, 0.3) is 10.9 Å². The first-order valence-electron chi connectivity index (χ1n) is 9.72. The van der Waals surface area contributed by atoms with Crippen molar-refractivity contribution in [3.8, 4) is 0 Å². The number of hydrogen-bond acceptors (Lipinski definition) is 4. The van der Waals surface area contributed by atoms with Crippen LogP contribution in [0.3, 0.4) is 0 Å². The molecule has 1 unspecified atom stereocenters. The van der Waals surface area contributed by atoms with Gasteiger partial charge in [-0.25, -0.2) is 9.59 Å². The molecule has 0 aliphatic carbocycles. The highest BCUT2D eigenvalue weighted by Gasteiger charge is 2.33. The normalized spacial score (nSPS) is 13.2. The summed E-state index contributed by atoms with van der Waals surface area (Å²) in [5.41, 5.74) is 1.27. The van der Waals surface area contributed by atoms with Crippen LogP contribution in [0.15, 0.2) is 30.5 Å². The van der Waals surface area contributed by atoms with Crippen molar-refractivity contribution in [2.75, 3.05) is 6.61 Å². The molecule has 6 nitrogen and oxygen atoms in total. The van der Waals surface area contributed by atoms with E-state index >= 15 is 0 Å². The molecule has 0 saturated heterocycles. The Morgan fingerprint density at radius 2 is 1.82 bits per heavy atom. The van der Waals surface area contributed by atoms with Gasteiger partial charge in [-0.1, -0.05) is 39.0 Å². The number of carbonyl (C=O) groups excluding carboxylic acids is 2. The Labute approximate surface area is 167 Å². The van der Waals surface area contributed by atoms with Gasteiger partial charge in [-0.05, 0) is 44.2 Å². The van der Waals surface area contributed by atoms with E-state index in [4.69, 9.17) is 9.47 Å². The zero-order valence-electron chi connectivity index (χ0n) is 17.7. The van der Waals surface area contributed by atoms with Gasteiger partial charge in [-0.2, -0.15) is 0 Å². The highest BCUT2D eigenvalue weighted by molar-refractivity contribution is 5.86. The van der Waals surface area contributed by atoms with Crippen LogP contribution in [-0.2, 0) is 20.7 Å². The molecular formula is C22H32N2O4. The standard InChI is InChI=1S/C22H32N2O4/c1-7-27-20(26)24-18(19(25)28-22(5,6)14-21(2,3)4)12-15-13-23-17-11-9-8-10-16(15)17/h8-11,13,18,23H,7,12,14H2,1-6H3,(H,24,26). The molecule has 28 heavy (non-hydrogen) atoms. The lowest BCUT2D eigenvalue weighted by molar-refractivity contribution is -0.161. The number of aromatic nitrogens is 1. The summed E-state index contributed by atoms with van der Waals surface area (Å²) in [5, 5.41) is 3.67. The highest BCUT2D eigenvalue weighted by Crippen LogP contribution is 2.30. The quantitative estimate of drug-likeness (QED) is 0.680. The van der Waals surface area contributed by atoms with E-state index in [1.165, 1.54) is 0 Å². The van der Waals surface area contributed by atoms with Crippen LogP contribution < -0.4 is 5.32 Å². The maximum absolute atomic E-state index is 12.9. The molecule has 6 heteroatoms. The van der Waals surface area contributed by atoms with Crippen LogP contribution in [0.5, 0.6) is 0 Å². The van der Waals surface area contributed by atoms with Gasteiger partial charge in [0.05, 0.1) is 6.61 Å². The van der Waals surface area contributed by atoms with Crippen molar-refractivity contribution in [3.05, 3.63) is 36.0 Å². The average Bonchev–Trinajstić information content (AvgIpc) is 2.95. The first kappa shape index (κ1) is 21.8. The van der Waals surface area contributed by atoms with Crippen LogP contribution in [0.1, 0.15) is 53.5 Å². The number of fused-ring (bicyclic) bond motifs is 1. The summed E-state index contributed by atoms with van der Waals surface area (Å²) in [6.07, 6.45) is 2.24. The lowest BCUT2D eigenvalue weighted by Gasteiger charge is -2.33. The molecule has 1 aromatic heterocycles. The molecule has 1 aromatic carbocycles. The third kappa shape index (κ3) is 6.29. The summed E-state index contributed by atoms with van der Waals surface area (Å²) >= 11 is 0. The lowest BCUT2D eigenvalue weighted by Crippen LogP contribution is -2.46. The van der Waals surface area contributed by atoms with Gasteiger partial charge >= 0.3 is 12.1 Å². The SMILES string of the molecule is CCOC(=O)NC(Cc1c[nH]c2ccccc12)C(=O)OC(C)(C)CC(C)(C)C. The van der Waals surface area contributed by atoms with Crippen molar-refractivity contribution in [2.24, 2.45) is 5.41 Å². The monoisotopic (exact) mass is 388 g/mol. The van der Waals surface area contributed by atoms with Gasteiger partial charge in [0.15, 0.2) is 0 Å². The van der Waals surface area contributed by atoms with Gasteiger partial charge in [0.25, 0.3) is 0 Å². The number of alkyl carbamates (subject to hydrolysis) is 1. The molecule has 0 saturated carbocycles. The Bertz CT molecular complexity index is 817. The molecule has 0 fully saturated rings. The fraction of sp³-hybridized carbons (Fsp3) is 0.545. The second-order valence-corrected chi connectivity index (χ2v) is 8.90. The molecule has 1 atom stereocenters. The van der Waals surface area contributed by atoms with Crippen LogP contribution >= 0.6 is 0 Å². The molecule has 0 aliphatic heterocycles. The molecule has 2 aromatic rings. The van der Waals surface area contributed by atoms with Crippen molar-refractivity contribution in [1.29, 1.82) is 0 Å². The Balaban J connectivity index is 2.21. The number of benzene rings is 1. The molecular weight excluding hydrogens is 356 g/mol. The predicted molar refractivity (Wildman–Crippen MR) is 110 cm³/mol. The molecule has 154 valence electrons. The summed E-state index contributed by atoms with van der Waals surface area (Å²) in [5.74, 6) is -0.465. The molecule has 0 spiro atoms. The van der Waals surface area contributed by atoms with Crippen molar-refractivity contribution >= 4 is 23.0 Å². The smallest absolute Gasteiger partial charge is 0.407 e. The van der Waals surface area contributed by atoms with E-state index in [0.717, 1.165) is 16.5 Å². The number of para-hydroxylation sites is 1. The van der Waals surface area contributed by atoms with Gasteiger partial charge in [0.2, 0.25) is 0 Å². The minimum absolute atomic E-state index is 0.00465.